The molecule has 3 rings (SSSR count). The molecule has 1 amide bonds. The third-order valence-corrected chi connectivity index (χ3v) is 5.27. The molecular formula is C18H18N2O3S. The maximum absolute atomic E-state index is 12.5. The number of carboxylic acids is 1. The standard InChI is InChI=1S/C18H18N2O3S/c21-17(16-10-14(18(22)23)6-8-19-16)20-9-7-13(11-20)12-24-15-4-2-1-3-5-15/h1-6,8,10,13H,7,9,11-12H2,(H,22,23). The first-order chi connectivity index (χ1) is 11.6. The van der Waals surface area contributed by atoms with Crippen LogP contribution in [0, 0.1) is 5.92 Å². The van der Waals surface area contributed by atoms with Gasteiger partial charge in [-0.05, 0) is 36.6 Å². The minimum atomic E-state index is -1.05. The van der Waals surface area contributed by atoms with Crippen molar-refractivity contribution in [3.63, 3.8) is 0 Å². The first-order valence-corrected chi connectivity index (χ1v) is 8.78. The van der Waals surface area contributed by atoms with Gasteiger partial charge in [0, 0.05) is 29.9 Å². The summed E-state index contributed by atoms with van der Waals surface area (Å²) in [6, 6.07) is 13.0. The predicted octanol–water partition coefficient (Wildman–Crippen LogP) is 3.03. The van der Waals surface area contributed by atoms with Crippen molar-refractivity contribution in [3.8, 4) is 0 Å². The molecule has 0 spiro atoms. The zero-order chi connectivity index (χ0) is 16.9. The first-order valence-electron chi connectivity index (χ1n) is 7.80. The smallest absolute Gasteiger partial charge is 0.335 e. The van der Waals surface area contributed by atoms with Crippen LogP contribution in [0.1, 0.15) is 27.3 Å². The zero-order valence-electron chi connectivity index (χ0n) is 13.1. The number of aromatic nitrogens is 1. The number of carbonyl (C=O) groups is 2. The lowest BCUT2D eigenvalue weighted by atomic mass is 10.2. The molecule has 24 heavy (non-hydrogen) atoms. The van der Waals surface area contributed by atoms with Crippen molar-refractivity contribution in [2.75, 3.05) is 18.8 Å². The van der Waals surface area contributed by atoms with E-state index in [1.165, 1.54) is 23.2 Å². The molecule has 0 radical (unpaired) electrons. The molecule has 1 atom stereocenters. The molecule has 1 aliphatic rings. The van der Waals surface area contributed by atoms with Gasteiger partial charge in [-0.2, -0.15) is 0 Å². The van der Waals surface area contributed by atoms with Crippen molar-refractivity contribution >= 4 is 23.6 Å². The van der Waals surface area contributed by atoms with E-state index in [1.54, 1.807) is 16.7 Å². The van der Waals surface area contributed by atoms with Crippen molar-refractivity contribution in [3.05, 3.63) is 59.9 Å². The van der Waals surface area contributed by atoms with Crippen LogP contribution in [0.3, 0.4) is 0 Å². The molecule has 124 valence electrons. The van der Waals surface area contributed by atoms with Crippen molar-refractivity contribution in [1.82, 2.24) is 9.88 Å². The fourth-order valence-electron chi connectivity index (χ4n) is 2.73. The highest BCUT2D eigenvalue weighted by Crippen LogP contribution is 2.26. The van der Waals surface area contributed by atoms with Crippen LogP contribution < -0.4 is 0 Å². The Bertz CT molecular complexity index is 736. The molecule has 5 nitrogen and oxygen atoms in total. The summed E-state index contributed by atoms with van der Waals surface area (Å²) in [4.78, 5) is 30.5. The van der Waals surface area contributed by atoms with Gasteiger partial charge in [-0.3, -0.25) is 9.78 Å². The number of benzene rings is 1. The average Bonchev–Trinajstić information content (AvgIpc) is 3.09. The first kappa shape index (κ1) is 16.5. The van der Waals surface area contributed by atoms with Crippen molar-refractivity contribution in [2.24, 2.45) is 5.92 Å². The van der Waals surface area contributed by atoms with E-state index < -0.39 is 5.97 Å². The molecule has 1 N–H and O–H groups in total. The Balaban J connectivity index is 1.58. The van der Waals surface area contributed by atoms with Gasteiger partial charge < -0.3 is 10.0 Å². The molecule has 1 saturated heterocycles. The highest BCUT2D eigenvalue weighted by atomic mass is 32.2. The van der Waals surface area contributed by atoms with Crippen LogP contribution in [-0.4, -0.2) is 45.7 Å². The number of hydrogen-bond donors (Lipinski definition) is 1. The SMILES string of the molecule is O=C(O)c1ccnc(C(=O)N2CCC(CSc3ccccc3)C2)c1. The quantitative estimate of drug-likeness (QED) is 0.846. The summed E-state index contributed by atoms with van der Waals surface area (Å²) < 4.78 is 0. The van der Waals surface area contributed by atoms with E-state index in [-0.39, 0.29) is 17.2 Å². The number of aromatic carboxylic acids is 1. The van der Waals surface area contributed by atoms with Crippen LogP contribution in [0.25, 0.3) is 0 Å². The summed E-state index contributed by atoms with van der Waals surface area (Å²) in [7, 11) is 0. The third kappa shape index (κ3) is 3.94. The summed E-state index contributed by atoms with van der Waals surface area (Å²) in [5, 5.41) is 9.02. The Morgan fingerprint density at radius 1 is 1.25 bits per heavy atom. The monoisotopic (exact) mass is 342 g/mol. The summed E-state index contributed by atoms with van der Waals surface area (Å²) in [6.07, 6.45) is 2.33. The van der Waals surface area contributed by atoms with E-state index >= 15 is 0 Å². The van der Waals surface area contributed by atoms with Crippen LogP contribution in [0.5, 0.6) is 0 Å². The second kappa shape index (κ2) is 7.49. The molecule has 2 heterocycles. The second-order valence-electron chi connectivity index (χ2n) is 5.76. The number of hydrogen-bond acceptors (Lipinski definition) is 4. The van der Waals surface area contributed by atoms with E-state index in [2.05, 4.69) is 17.1 Å². The Labute approximate surface area is 144 Å². The van der Waals surface area contributed by atoms with Gasteiger partial charge in [-0.25, -0.2) is 4.79 Å². The third-order valence-electron chi connectivity index (χ3n) is 4.03. The van der Waals surface area contributed by atoms with E-state index in [0.29, 0.717) is 19.0 Å². The molecule has 1 unspecified atom stereocenters. The minimum Gasteiger partial charge on any atom is -0.478 e. The number of carbonyl (C=O) groups excluding carboxylic acids is 1. The van der Waals surface area contributed by atoms with Gasteiger partial charge in [0.15, 0.2) is 0 Å². The topological polar surface area (TPSA) is 70.5 Å². The largest absolute Gasteiger partial charge is 0.478 e. The molecule has 1 aromatic carbocycles. The molecule has 1 aromatic heterocycles. The summed E-state index contributed by atoms with van der Waals surface area (Å²) in [5.41, 5.74) is 0.287. The number of pyridine rings is 1. The van der Waals surface area contributed by atoms with Crippen molar-refractivity contribution in [1.29, 1.82) is 0 Å². The zero-order valence-corrected chi connectivity index (χ0v) is 13.9. The van der Waals surface area contributed by atoms with Gasteiger partial charge in [0.1, 0.15) is 5.69 Å². The van der Waals surface area contributed by atoms with Gasteiger partial charge in [0.05, 0.1) is 5.56 Å². The fraction of sp³-hybridized carbons (Fsp3) is 0.278. The second-order valence-corrected chi connectivity index (χ2v) is 6.86. The minimum absolute atomic E-state index is 0.0868. The van der Waals surface area contributed by atoms with Crippen LogP contribution in [0.4, 0.5) is 0 Å². The Morgan fingerprint density at radius 2 is 2.04 bits per heavy atom. The lowest BCUT2D eigenvalue weighted by molar-refractivity contribution is 0.0696. The van der Waals surface area contributed by atoms with E-state index in [9.17, 15) is 9.59 Å². The Morgan fingerprint density at radius 3 is 2.79 bits per heavy atom. The fourth-order valence-corrected chi connectivity index (χ4v) is 3.78. The van der Waals surface area contributed by atoms with E-state index in [1.807, 2.05) is 18.2 Å². The number of rotatable bonds is 5. The Hall–Kier alpha value is -2.34. The summed E-state index contributed by atoms with van der Waals surface area (Å²) in [5.74, 6) is 0.174. The maximum atomic E-state index is 12.5. The van der Waals surface area contributed by atoms with Gasteiger partial charge in [-0.1, -0.05) is 18.2 Å². The van der Waals surface area contributed by atoms with Crippen LogP contribution in [0.15, 0.2) is 53.6 Å². The highest BCUT2D eigenvalue weighted by molar-refractivity contribution is 7.99. The Kier molecular flexibility index (Phi) is 5.15. The normalized spacial score (nSPS) is 17.0. The highest BCUT2D eigenvalue weighted by Gasteiger charge is 2.28. The molecule has 1 aliphatic heterocycles. The van der Waals surface area contributed by atoms with Crippen molar-refractivity contribution in [2.45, 2.75) is 11.3 Å². The van der Waals surface area contributed by atoms with Crippen LogP contribution >= 0.6 is 11.8 Å². The molecule has 1 fully saturated rings. The van der Waals surface area contributed by atoms with Gasteiger partial charge in [0.25, 0.3) is 5.91 Å². The maximum Gasteiger partial charge on any atom is 0.335 e. The van der Waals surface area contributed by atoms with Crippen molar-refractivity contribution < 1.29 is 14.7 Å². The number of thioether (sulfide) groups is 1. The van der Waals surface area contributed by atoms with Crippen LogP contribution in [-0.2, 0) is 0 Å². The molecular weight excluding hydrogens is 324 g/mol. The molecule has 0 saturated carbocycles. The molecule has 0 bridgehead atoms. The van der Waals surface area contributed by atoms with Gasteiger partial charge in [-0.15, -0.1) is 11.8 Å². The molecule has 0 aliphatic carbocycles. The summed E-state index contributed by atoms with van der Waals surface area (Å²) >= 11 is 1.80. The average molecular weight is 342 g/mol. The lowest BCUT2D eigenvalue weighted by Crippen LogP contribution is -2.29. The summed E-state index contributed by atoms with van der Waals surface area (Å²) in [6.45, 7) is 1.38. The number of likely N-dealkylation sites (tertiary alicyclic amines) is 1. The number of amides is 1. The predicted molar refractivity (Wildman–Crippen MR) is 92.4 cm³/mol. The number of carboxylic acid groups (broad SMARTS) is 1. The van der Waals surface area contributed by atoms with E-state index in [4.69, 9.17) is 5.11 Å². The number of nitrogens with zero attached hydrogens (tertiary/aromatic N) is 2. The lowest BCUT2D eigenvalue weighted by Gasteiger charge is -2.16. The van der Waals surface area contributed by atoms with Crippen LogP contribution in [0.2, 0.25) is 0 Å². The molecule has 2 aromatic rings. The van der Waals surface area contributed by atoms with Gasteiger partial charge in [0.2, 0.25) is 0 Å². The molecule has 6 heteroatoms. The van der Waals surface area contributed by atoms with Gasteiger partial charge >= 0.3 is 5.97 Å². The van der Waals surface area contributed by atoms with E-state index in [0.717, 1.165) is 12.2 Å².